The first-order valence-corrected chi connectivity index (χ1v) is 9.38. The molecule has 2 heterocycles. The Kier molecular flexibility index (Phi) is 5.13. The van der Waals surface area contributed by atoms with Crippen LogP contribution < -0.4 is 0 Å². The maximum atomic E-state index is 10.4. The highest BCUT2D eigenvalue weighted by Crippen LogP contribution is 2.32. The van der Waals surface area contributed by atoms with Crippen molar-refractivity contribution in [3.63, 3.8) is 0 Å². The number of ether oxygens (including phenoxy) is 1. The second-order valence-electron chi connectivity index (χ2n) is 6.82. The van der Waals surface area contributed by atoms with Gasteiger partial charge >= 0.3 is 0 Å². The van der Waals surface area contributed by atoms with E-state index in [0.29, 0.717) is 10.6 Å². The first-order valence-electron chi connectivity index (χ1n) is 8.97. The summed E-state index contributed by atoms with van der Waals surface area (Å²) in [7, 11) is 0. The second-order valence-corrected chi connectivity index (χ2v) is 7.18. The predicted octanol–water partition coefficient (Wildman–Crippen LogP) is 1.99. The minimum Gasteiger partial charge on any atom is -0.394 e. The van der Waals surface area contributed by atoms with Crippen LogP contribution in [0.25, 0.3) is 17.1 Å². The number of rotatable bonds is 4. The standard InChI is InChI=1S/C20H21N3O4S/c1-12-7-9-13(10-8-12)18-21-23(19-17(26)16(25)15(11-24)27-19)20(28)22(18)14-5-3-2-4-6-14/h2-10,15-17,19,24-26H,11H2,1H3. The van der Waals surface area contributed by atoms with Gasteiger partial charge in [-0.05, 0) is 31.3 Å². The van der Waals surface area contributed by atoms with Gasteiger partial charge < -0.3 is 20.1 Å². The second kappa shape index (κ2) is 7.57. The SMILES string of the molecule is Cc1ccc(-c2nn(C3OC(CO)C(O)C3O)c(=S)n2-c2ccccc2)cc1. The molecular weight excluding hydrogens is 378 g/mol. The lowest BCUT2D eigenvalue weighted by molar-refractivity contribution is -0.0594. The lowest BCUT2D eigenvalue weighted by Gasteiger charge is -2.14. The maximum absolute atomic E-state index is 10.4. The lowest BCUT2D eigenvalue weighted by atomic mass is 10.1. The summed E-state index contributed by atoms with van der Waals surface area (Å²) in [6, 6.07) is 17.4. The van der Waals surface area contributed by atoms with Crippen LogP contribution in [0.4, 0.5) is 0 Å². The van der Waals surface area contributed by atoms with Gasteiger partial charge in [0.1, 0.15) is 18.3 Å². The molecule has 3 aromatic rings. The average Bonchev–Trinajstić information content (AvgIpc) is 3.20. The summed E-state index contributed by atoms with van der Waals surface area (Å²) in [6.07, 6.45) is -4.36. The van der Waals surface area contributed by atoms with Crippen LogP contribution >= 0.6 is 12.2 Å². The Labute approximate surface area is 167 Å². The first kappa shape index (κ1) is 19.0. The summed E-state index contributed by atoms with van der Waals surface area (Å²) in [4.78, 5) is 0. The van der Waals surface area contributed by atoms with Gasteiger partial charge in [-0.15, -0.1) is 5.10 Å². The summed E-state index contributed by atoms with van der Waals surface area (Å²) < 4.78 is 9.14. The Hall–Kier alpha value is -2.36. The van der Waals surface area contributed by atoms with Crippen molar-refractivity contribution in [3.05, 3.63) is 64.9 Å². The highest BCUT2D eigenvalue weighted by atomic mass is 32.1. The third kappa shape index (κ3) is 3.19. The highest BCUT2D eigenvalue weighted by molar-refractivity contribution is 7.71. The van der Waals surface area contributed by atoms with Crippen LogP contribution in [0.5, 0.6) is 0 Å². The molecule has 3 N–H and O–H groups in total. The van der Waals surface area contributed by atoms with Crippen molar-refractivity contribution in [3.8, 4) is 17.1 Å². The van der Waals surface area contributed by atoms with Crippen molar-refractivity contribution in [2.45, 2.75) is 31.5 Å². The molecule has 0 saturated carbocycles. The molecule has 8 heteroatoms. The largest absolute Gasteiger partial charge is 0.394 e. The lowest BCUT2D eigenvalue weighted by Crippen LogP contribution is -2.33. The van der Waals surface area contributed by atoms with Crippen LogP contribution in [0.1, 0.15) is 11.8 Å². The molecule has 1 aromatic heterocycles. The third-order valence-electron chi connectivity index (χ3n) is 4.88. The molecule has 4 atom stereocenters. The van der Waals surface area contributed by atoms with Crippen molar-refractivity contribution < 1.29 is 20.1 Å². The average molecular weight is 399 g/mol. The van der Waals surface area contributed by atoms with Crippen molar-refractivity contribution in [2.24, 2.45) is 0 Å². The summed E-state index contributed by atoms with van der Waals surface area (Å²) in [5.41, 5.74) is 2.80. The van der Waals surface area contributed by atoms with Gasteiger partial charge in [0.25, 0.3) is 0 Å². The number of aliphatic hydroxyl groups is 3. The van der Waals surface area contributed by atoms with Crippen molar-refractivity contribution >= 4 is 12.2 Å². The quantitative estimate of drug-likeness (QED) is 0.581. The zero-order valence-corrected chi connectivity index (χ0v) is 16.0. The molecule has 0 bridgehead atoms. The van der Waals surface area contributed by atoms with Gasteiger partial charge in [0.15, 0.2) is 12.1 Å². The van der Waals surface area contributed by atoms with E-state index in [0.717, 1.165) is 16.8 Å². The molecule has 1 fully saturated rings. The van der Waals surface area contributed by atoms with Crippen LogP contribution in [0.2, 0.25) is 0 Å². The molecule has 1 aliphatic rings. The van der Waals surface area contributed by atoms with E-state index < -0.39 is 31.1 Å². The minimum absolute atomic E-state index is 0.316. The molecule has 4 rings (SSSR count). The fourth-order valence-electron chi connectivity index (χ4n) is 3.33. The molecule has 146 valence electrons. The Balaban J connectivity index is 1.88. The Bertz CT molecular complexity index is 1020. The summed E-state index contributed by atoms with van der Waals surface area (Å²) in [5.74, 6) is 0.592. The maximum Gasteiger partial charge on any atom is 0.205 e. The van der Waals surface area contributed by atoms with Crippen LogP contribution in [0, 0.1) is 11.7 Å². The fourth-order valence-corrected chi connectivity index (χ4v) is 3.67. The van der Waals surface area contributed by atoms with E-state index in [1.807, 2.05) is 61.5 Å². The summed E-state index contributed by atoms with van der Waals surface area (Å²) >= 11 is 5.65. The van der Waals surface area contributed by atoms with Gasteiger partial charge in [0, 0.05) is 11.3 Å². The fraction of sp³-hybridized carbons (Fsp3) is 0.300. The molecule has 7 nitrogen and oxygen atoms in total. The Morgan fingerprint density at radius 2 is 1.71 bits per heavy atom. The molecule has 0 aliphatic carbocycles. The number of aliphatic hydroxyl groups excluding tert-OH is 3. The molecule has 0 amide bonds. The Morgan fingerprint density at radius 3 is 2.32 bits per heavy atom. The summed E-state index contributed by atoms with van der Waals surface area (Å²) in [6.45, 7) is 1.59. The van der Waals surface area contributed by atoms with Gasteiger partial charge in [0.05, 0.1) is 6.61 Å². The smallest absolute Gasteiger partial charge is 0.205 e. The number of aromatic nitrogens is 3. The monoisotopic (exact) mass is 399 g/mol. The molecule has 28 heavy (non-hydrogen) atoms. The van der Waals surface area contributed by atoms with E-state index in [2.05, 4.69) is 5.10 Å². The van der Waals surface area contributed by atoms with Crippen LogP contribution in [-0.4, -0.2) is 54.6 Å². The minimum atomic E-state index is -1.26. The first-order chi connectivity index (χ1) is 13.5. The molecule has 2 aromatic carbocycles. The van der Waals surface area contributed by atoms with Crippen molar-refractivity contribution in [1.82, 2.24) is 14.3 Å². The number of aryl methyl sites for hydroxylation is 1. The van der Waals surface area contributed by atoms with E-state index in [9.17, 15) is 15.3 Å². The number of para-hydroxylation sites is 1. The number of hydrogen-bond acceptors (Lipinski definition) is 6. The van der Waals surface area contributed by atoms with Crippen molar-refractivity contribution in [1.29, 1.82) is 0 Å². The van der Waals surface area contributed by atoms with Gasteiger partial charge in [-0.3, -0.25) is 4.57 Å². The zero-order valence-electron chi connectivity index (χ0n) is 15.2. The van der Waals surface area contributed by atoms with Gasteiger partial charge in [0.2, 0.25) is 4.77 Å². The normalized spacial score (nSPS) is 24.6. The molecular formula is C20H21N3O4S. The van der Waals surface area contributed by atoms with E-state index in [4.69, 9.17) is 17.0 Å². The molecule has 1 saturated heterocycles. The molecule has 4 unspecified atom stereocenters. The number of nitrogens with zero attached hydrogens (tertiary/aromatic N) is 3. The topological polar surface area (TPSA) is 92.7 Å². The van der Waals surface area contributed by atoms with Crippen LogP contribution in [0.15, 0.2) is 54.6 Å². The molecule has 1 aliphatic heterocycles. The molecule has 0 spiro atoms. The van der Waals surface area contributed by atoms with E-state index in [-0.39, 0.29) is 0 Å². The van der Waals surface area contributed by atoms with E-state index in [1.165, 1.54) is 4.68 Å². The van der Waals surface area contributed by atoms with Gasteiger partial charge in [-0.2, -0.15) is 0 Å². The van der Waals surface area contributed by atoms with Crippen LogP contribution in [-0.2, 0) is 4.74 Å². The summed E-state index contributed by atoms with van der Waals surface area (Å²) in [5, 5.41) is 34.5. The van der Waals surface area contributed by atoms with Gasteiger partial charge in [-0.1, -0.05) is 48.0 Å². The number of benzene rings is 2. The number of hydrogen-bond donors (Lipinski definition) is 3. The third-order valence-corrected chi connectivity index (χ3v) is 5.25. The zero-order chi connectivity index (χ0) is 19.8. The Morgan fingerprint density at radius 1 is 1.04 bits per heavy atom. The van der Waals surface area contributed by atoms with E-state index >= 15 is 0 Å². The predicted molar refractivity (Wildman–Crippen MR) is 106 cm³/mol. The van der Waals surface area contributed by atoms with Crippen LogP contribution in [0.3, 0.4) is 0 Å². The van der Waals surface area contributed by atoms with E-state index in [1.54, 1.807) is 4.57 Å². The molecule has 0 radical (unpaired) electrons. The highest BCUT2D eigenvalue weighted by Gasteiger charge is 2.44. The van der Waals surface area contributed by atoms with Gasteiger partial charge in [-0.25, -0.2) is 4.68 Å². The van der Waals surface area contributed by atoms with Crippen molar-refractivity contribution in [2.75, 3.05) is 6.61 Å².